The molecule has 2 rings (SSSR count). The van der Waals surface area contributed by atoms with Gasteiger partial charge in [0, 0.05) is 44.8 Å². The second-order valence-corrected chi connectivity index (χ2v) is 8.13. The number of piperazine rings is 1. The number of hydrogen-bond acceptors (Lipinski definition) is 4. The maximum Gasteiger partial charge on any atom is 0.410 e. The normalized spacial score (nSPS) is 22.7. The van der Waals surface area contributed by atoms with Gasteiger partial charge in [-0.2, -0.15) is 0 Å². The largest absolute Gasteiger partial charge is 0.444 e. The maximum atomic E-state index is 12.2. The standard InChI is InChI=1S/C17H33N3O2/c1-16(2,3)22-15(21)19-10-6-14(7-11-19)17(4,5)20-12-8-18-9-13-20/h14,18H,6-13H2,1-5H3. The maximum absolute atomic E-state index is 12.2. The molecule has 2 heterocycles. The first kappa shape index (κ1) is 17.5. The summed E-state index contributed by atoms with van der Waals surface area (Å²) >= 11 is 0. The number of amides is 1. The van der Waals surface area contributed by atoms with E-state index in [0.29, 0.717) is 5.92 Å². The number of carbonyl (C=O) groups is 1. The molecule has 2 fully saturated rings. The fraction of sp³-hybridized carbons (Fsp3) is 0.941. The van der Waals surface area contributed by atoms with Crippen LogP contribution in [0.3, 0.4) is 0 Å². The third kappa shape index (κ3) is 4.35. The lowest BCUT2D eigenvalue weighted by atomic mass is 9.79. The molecule has 0 radical (unpaired) electrons. The summed E-state index contributed by atoms with van der Waals surface area (Å²) in [6, 6.07) is 0. The topological polar surface area (TPSA) is 44.8 Å². The van der Waals surface area contributed by atoms with Crippen molar-refractivity contribution >= 4 is 6.09 Å². The molecule has 0 unspecified atom stereocenters. The lowest BCUT2D eigenvalue weighted by Gasteiger charge is -2.48. The van der Waals surface area contributed by atoms with Gasteiger partial charge >= 0.3 is 6.09 Å². The van der Waals surface area contributed by atoms with E-state index in [1.807, 2.05) is 25.7 Å². The number of carbonyl (C=O) groups excluding carboxylic acids is 1. The third-order valence-electron chi connectivity index (χ3n) is 5.08. The van der Waals surface area contributed by atoms with E-state index >= 15 is 0 Å². The molecule has 0 aromatic heterocycles. The van der Waals surface area contributed by atoms with E-state index in [2.05, 4.69) is 24.1 Å². The summed E-state index contributed by atoms with van der Waals surface area (Å²) in [5.41, 5.74) is -0.198. The molecule has 1 N–H and O–H groups in total. The lowest BCUT2D eigenvalue weighted by Crippen LogP contribution is -2.58. The molecule has 2 aliphatic heterocycles. The number of hydrogen-bond donors (Lipinski definition) is 1. The number of nitrogens with one attached hydrogen (secondary N) is 1. The van der Waals surface area contributed by atoms with Crippen molar-refractivity contribution in [2.45, 2.75) is 58.6 Å². The Morgan fingerprint density at radius 3 is 2.05 bits per heavy atom. The zero-order valence-corrected chi connectivity index (χ0v) is 14.9. The van der Waals surface area contributed by atoms with Gasteiger partial charge in [-0.25, -0.2) is 4.79 Å². The first-order chi connectivity index (χ1) is 10.2. The summed E-state index contributed by atoms with van der Waals surface area (Å²) < 4.78 is 5.48. The fourth-order valence-corrected chi connectivity index (χ4v) is 3.59. The molecule has 0 aromatic carbocycles. The van der Waals surface area contributed by atoms with Gasteiger partial charge in [-0.15, -0.1) is 0 Å². The Bertz CT molecular complexity index is 376. The zero-order chi connectivity index (χ0) is 16.4. The number of nitrogens with zero attached hydrogens (tertiary/aromatic N) is 2. The van der Waals surface area contributed by atoms with Gasteiger partial charge in [-0.1, -0.05) is 0 Å². The molecule has 0 spiro atoms. The van der Waals surface area contributed by atoms with Crippen molar-refractivity contribution in [1.29, 1.82) is 0 Å². The Morgan fingerprint density at radius 2 is 1.55 bits per heavy atom. The average molecular weight is 311 g/mol. The van der Waals surface area contributed by atoms with E-state index in [1.54, 1.807) is 0 Å². The summed E-state index contributed by atoms with van der Waals surface area (Å²) in [6.07, 6.45) is 1.97. The van der Waals surface area contributed by atoms with Gasteiger partial charge in [0.2, 0.25) is 0 Å². The van der Waals surface area contributed by atoms with Gasteiger partial charge in [0.1, 0.15) is 5.60 Å². The lowest BCUT2D eigenvalue weighted by molar-refractivity contribution is -0.00329. The average Bonchev–Trinajstić information content (AvgIpc) is 2.46. The molecule has 5 heteroatoms. The van der Waals surface area contributed by atoms with Gasteiger partial charge in [0.05, 0.1) is 0 Å². The van der Waals surface area contributed by atoms with E-state index in [0.717, 1.165) is 52.1 Å². The highest BCUT2D eigenvalue weighted by atomic mass is 16.6. The van der Waals surface area contributed by atoms with Gasteiger partial charge in [-0.05, 0) is 53.4 Å². The van der Waals surface area contributed by atoms with Crippen LogP contribution in [-0.4, -0.2) is 66.3 Å². The Kier molecular flexibility index (Phi) is 5.38. The molecule has 0 aromatic rings. The molecular weight excluding hydrogens is 278 g/mol. The van der Waals surface area contributed by atoms with Gasteiger partial charge in [-0.3, -0.25) is 4.90 Å². The van der Waals surface area contributed by atoms with Crippen LogP contribution < -0.4 is 5.32 Å². The highest BCUT2D eigenvalue weighted by Crippen LogP contribution is 2.33. The molecule has 128 valence electrons. The van der Waals surface area contributed by atoms with Gasteiger partial charge in [0.25, 0.3) is 0 Å². The van der Waals surface area contributed by atoms with Crippen molar-refractivity contribution in [3.63, 3.8) is 0 Å². The fourth-order valence-electron chi connectivity index (χ4n) is 3.59. The number of ether oxygens (including phenoxy) is 1. The summed E-state index contributed by atoms with van der Waals surface area (Å²) in [6.45, 7) is 16.5. The quantitative estimate of drug-likeness (QED) is 0.850. The van der Waals surface area contributed by atoms with Crippen LogP contribution in [0.2, 0.25) is 0 Å². The van der Waals surface area contributed by atoms with Crippen LogP contribution >= 0.6 is 0 Å². The smallest absolute Gasteiger partial charge is 0.410 e. The minimum absolute atomic E-state index is 0.161. The first-order valence-corrected chi connectivity index (χ1v) is 8.64. The number of piperidine rings is 1. The predicted molar refractivity (Wildman–Crippen MR) is 89.1 cm³/mol. The molecule has 0 atom stereocenters. The van der Waals surface area contributed by atoms with Crippen LogP contribution in [0, 0.1) is 5.92 Å². The summed E-state index contributed by atoms with van der Waals surface area (Å²) in [5, 5.41) is 3.42. The van der Waals surface area contributed by atoms with Crippen LogP contribution in [0.1, 0.15) is 47.5 Å². The van der Waals surface area contributed by atoms with E-state index < -0.39 is 5.60 Å². The summed E-state index contributed by atoms with van der Waals surface area (Å²) in [7, 11) is 0. The zero-order valence-electron chi connectivity index (χ0n) is 14.9. The van der Waals surface area contributed by atoms with E-state index in [9.17, 15) is 4.79 Å². The molecule has 1 amide bonds. The minimum atomic E-state index is -0.409. The molecule has 0 aliphatic carbocycles. The minimum Gasteiger partial charge on any atom is -0.444 e. The van der Waals surface area contributed by atoms with Crippen molar-refractivity contribution in [1.82, 2.24) is 15.1 Å². The summed E-state index contributed by atoms with van der Waals surface area (Å²) in [4.78, 5) is 16.6. The Balaban J connectivity index is 1.87. The second-order valence-electron chi connectivity index (χ2n) is 8.13. The molecular formula is C17H33N3O2. The number of rotatable bonds is 2. The van der Waals surface area contributed by atoms with E-state index in [-0.39, 0.29) is 11.6 Å². The second kappa shape index (κ2) is 6.75. The first-order valence-electron chi connectivity index (χ1n) is 8.64. The van der Waals surface area contributed by atoms with Crippen LogP contribution in [0.4, 0.5) is 4.79 Å². The Hall–Kier alpha value is -0.810. The monoisotopic (exact) mass is 311 g/mol. The number of likely N-dealkylation sites (tertiary alicyclic amines) is 1. The molecule has 0 bridgehead atoms. The molecule has 2 aliphatic rings. The van der Waals surface area contributed by atoms with Crippen molar-refractivity contribution in [3.8, 4) is 0 Å². The third-order valence-corrected chi connectivity index (χ3v) is 5.08. The van der Waals surface area contributed by atoms with Crippen molar-refractivity contribution in [2.24, 2.45) is 5.92 Å². The highest BCUT2D eigenvalue weighted by Gasteiger charge is 2.38. The Morgan fingerprint density at radius 1 is 1.00 bits per heavy atom. The van der Waals surface area contributed by atoms with Crippen molar-refractivity contribution in [2.75, 3.05) is 39.3 Å². The van der Waals surface area contributed by atoms with Crippen LogP contribution in [0.5, 0.6) is 0 Å². The molecule has 2 saturated heterocycles. The summed E-state index contributed by atoms with van der Waals surface area (Å²) in [5.74, 6) is 0.643. The predicted octanol–water partition coefficient (Wildman–Crippen LogP) is 2.32. The highest BCUT2D eigenvalue weighted by molar-refractivity contribution is 5.68. The van der Waals surface area contributed by atoms with Gasteiger partial charge in [0.15, 0.2) is 0 Å². The van der Waals surface area contributed by atoms with Crippen molar-refractivity contribution in [3.05, 3.63) is 0 Å². The van der Waals surface area contributed by atoms with Crippen LogP contribution in [0.25, 0.3) is 0 Å². The van der Waals surface area contributed by atoms with E-state index in [1.165, 1.54) is 0 Å². The van der Waals surface area contributed by atoms with Crippen LogP contribution in [-0.2, 0) is 4.74 Å². The van der Waals surface area contributed by atoms with Crippen molar-refractivity contribution < 1.29 is 9.53 Å². The van der Waals surface area contributed by atoms with E-state index in [4.69, 9.17) is 4.74 Å². The van der Waals surface area contributed by atoms with Crippen LogP contribution in [0.15, 0.2) is 0 Å². The SMILES string of the molecule is CC(C)(C)OC(=O)N1CCC(C(C)(C)N2CCNCC2)CC1. The van der Waals surface area contributed by atoms with Gasteiger partial charge < -0.3 is 15.0 Å². The Labute approximate surface area is 135 Å². The molecule has 0 saturated carbocycles. The molecule has 5 nitrogen and oxygen atoms in total. The molecule has 22 heavy (non-hydrogen) atoms.